The van der Waals surface area contributed by atoms with E-state index in [1.54, 1.807) is 0 Å². The third-order valence-corrected chi connectivity index (χ3v) is 7.37. The zero-order valence-corrected chi connectivity index (χ0v) is 16.6. The van der Waals surface area contributed by atoms with Gasteiger partial charge in [0.2, 0.25) is 0 Å². The summed E-state index contributed by atoms with van der Waals surface area (Å²) in [4.78, 5) is 0. The van der Waals surface area contributed by atoms with Crippen LogP contribution in [0.2, 0.25) is 6.04 Å². The average Bonchev–Trinajstić information content (AvgIpc) is 2.56. The largest absolute Gasteiger partial charge is 0.502 e. The van der Waals surface area contributed by atoms with Crippen LogP contribution in [0.4, 0.5) is 0 Å². The summed E-state index contributed by atoms with van der Waals surface area (Å²) in [5.41, 5.74) is 13.2. The molecule has 0 bridgehead atoms. The smallest absolute Gasteiger partial charge is 0.374 e. The van der Waals surface area contributed by atoms with Crippen molar-refractivity contribution in [2.45, 2.75) is 64.8 Å². The average molecular weight is 355 g/mol. The fourth-order valence-corrected chi connectivity index (χ4v) is 5.74. The molecule has 0 fully saturated rings. The molecule has 0 saturated carbocycles. The summed E-state index contributed by atoms with van der Waals surface area (Å²) in [6, 6.07) is 10.5. The van der Waals surface area contributed by atoms with Gasteiger partial charge >= 0.3 is 8.80 Å². The molecule has 1 rings (SSSR count). The van der Waals surface area contributed by atoms with E-state index in [9.17, 15) is 0 Å². The highest BCUT2D eigenvalue weighted by Gasteiger charge is 2.48. The quantitative estimate of drug-likeness (QED) is 0.445. The van der Waals surface area contributed by atoms with E-state index in [0.717, 1.165) is 18.0 Å². The summed E-state index contributed by atoms with van der Waals surface area (Å²) >= 11 is 0. The van der Waals surface area contributed by atoms with E-state index in [4.69, 9.17) is 24.7 Å². The number of rotatable bonds is 12. The van der Waals surface area contributed by atoms with E-state index < -0.39 is 14.5 Å². The van der Waals surface area contributed by atoms with Gasteiger partial charge < -0.3 is 24.7 Å². The fourth-order valence-electron chi connectivity index (χ4n) is 2.78. The fraction of sp³-hybridized carbons (Fsp3) is 0.667. The molecule has 2 unspecified atom stereocenters. The first-order valence-corrected chi connectivity index (χ1v) is 10.9. The molecule has 0 aliphatic heterocycles. The van der Waals surface area contributed by atoms with Crippen LogP contribution in [0, 0.1) is 0 Å². The second-order valence-corrected chi connectivity index (χ2v) is 8.65. The summed E-state index contributed by atoms with van der Waals surface area (Å²) in [7, 11) is -2.84. The minimum atomic E-state index is -2.84. The van der Waals surface area contributed by atoms with E-state index in [2.05, 4.69) is 19.1 Å². The van der Waals surface area contributed by atoms with Crippen LogP contribution in [0.15, 0.2) is 30.3 Å². The third-order valence-electron chi connectivity index (χ3n) is 4.11. The van der Waals surface area contributed by atoms with Crippen LogP contribution < -0.4 is 11.5 Å². The summed E-state index contributed by atoms with van der Waals surface area (Å²) in [5, 5.41) is 0. The van der Waals surface area contributed by atoms with E-state index in [1.165, 1.54) is 0 Å². The first-order chi connectivity index (χ1) is 11.4. The van der Waals surface area contributed by atoms with Crippen molar-refractivity contribution in [1.82, 2.24) is 0 Å². The van der Waals surface area contributed by atoms with Crippen molar-refractivity contribution in [3.05, 3.63) is 35.9 Å². The first kappa shape index (κ1) is 21.3. The van der Waals surface area contributed by atoms with Crippen LogP contribution in [0.1, 0.15) is 46.1 Å². The van der Waals surface area contributed by atoms with Gasteiger partial charge in [-0.1, -0.05) is 50.6 Å². The molecule has 0 heterocycles. The topological polar surface area (TPSA) is 79.7 Å². The Labute approximate surface area is 148 Å². The predicted octanol–water partition coefficient (Wildman–Crippen LogP) is 3.06. The minimum absolute atomic E-state index is 0.338. The Balaban J connectivity index is 2.96. The maximum atomic E-state index is 6.59. The Morgan fingerprint density at radius 3 is 2.08 bits per heavy atom. The highest BCUT2D eigenvalue weighted by atomic mass is 28.4. The van der Waals surface area contributed by atoms with Crippen LogP contribution in [0.3, 0.4) is 0 Å². The molecular formula is C18H34N2O3Si. The van der Waals surface area contributed by atoms with Gasteiger partial charge in [-0.3, -0.25) is 0 Å². The van der Waals surface area contributed by atoms with E-state index in [-0.39, 0.29) is 6.04 Å². The summed E-state index contributed by atoms with van der Waals surface area (Å²) in [6.07, 6.45) is 2.17. The molecule has 5 nitrogen and oxygen atoms in total. The van der Waals surface area contributed by atoms with Crippen molar-refractivity contribution in [2.24, 2.45) is 11.5 Å². The zero-order valence-electron chi connectivity index (χ0n) is 15.6. The molecule has 0 aliphatic rings. The lowest BCUT2D eigenvalue weighted by Crippen LogP contribution is -2.64. The van der Waals surface area contributed by atoms with Crippen molar-refractivity contribution in [3.8, 4) is 0 Å². The van der Waals surface area contributed by atoms with Crippen molar-refractivity contribution < 1.29 is 13.3 Å². The van der Waals surface area contributed by atoms with Gasteiger partial charge in [-0.05, 0) is 32.3 Å². The lowest BCUT2D eigenvalue weighted by atomic mass is 9.96. The molecule has 138 valence electrons. The standard InChI is InChI=1S/C18H34N2O3Si/c1-5-14-24(21-7-3,22-8-4)23-18(20,6-2)17(19)15-16-12-10-9-11-13-16/h9-13,17H,5-8,14-15,19-20H2,1-4H3. The number of nitrogens with two attached hydrogens (primary N) is 2. The van der Waals surface area contributed by atoms with Gasteiger partial charge in [0.1, 0.15) is 5.72 Å². The number of hydrogen-bond acceptors (Lipinski definition) is 5. The summed E-state index contributed by atoms with van der Waals surface area (Å²) in [5.74, 6) is 0. The molecule has 0 radical (unpaired) electrons. The van der Waals surface area contributed by atoms with E-state index in [0.29, 0.717) is 26.1 Å². The molecule has 1 aromatic carbocycles. The summed E-state index contributed by atoms with van der Waals surface area (Å²) < 4.78 is 18.3. The molecule has 6 heteroatoms. The van der Waals surface area contributed by atoms with Crippen LogP contribution in [-0.2, 0) is 19.7 Å². The number of benzene rings is 1. The third kappa shape index (κ3) is 5.95. The molecule has 4 N–H and O–H groups in total. The van der Waals surface area contributed by atoms with Crippen LogP contribution in [0.5, 0.6) is 0 Å². The summed E-state index contributed by atoms with van der Waals surface area (Å²) in [6.45, 7) is 9.08. The van der Waals surface area contributed by atoms with Crippen molar-refractivity contribution >= 4 is 8.80 Å². The second-order valence-electron chi connectivity index (χ2n) is 6.01. The van der Waals surface area contributed by atoms with Gasteiger partial charge in [0.15, 0.2) is 0 Å². The Morgan fingerprint density at radius 2 is 1.62 bits per heavy atom. The number of hydrogen-bond donors (Lipinski definition) is 2. The maximum absolute atomic E-state index is 6.59. The van der Waals surface area contributed by atoms with Crippen molar-refractivity contribution in [3.63, 3.8) is 0 Å². The molecule has 0 spiro atoms. The monoisotopic (exact) mass is 354 g/mol. The molecule has 1 aromatic rings. The normalized spacial score (nSPS) is 15.9. The van der Waals surface area contributed by atoms with Crippen LogP contribution >= 0.6 is 0 Å². The molecular weight excluding hydrogens is 320 g/mol. The molecule has 2 atom stereocenters. The predicted molar refractivity (Wildman–Crippen MR) is 101 cm³/mol. The van der Waals surface area contributed by atoms with Crippen molar-refractivity contribution in [2.75, 3.05) is 13.2 Å². The molecule has 24 heavy (non-hydrogen) atoms. The Bertz CT molecular complexity index is 444. The SMILES string of the molecule is CCC[Si](OCC)(OCC)OC(N)(CC)C(N)Cc1ccccc1. The molecule has 0 aromatic heterocycles. The molecule has 0 aliphatic carbocycles. The Morgan fingerprint density at radius 1 is 1.04 bits per heavy atom. The lowest BCUT2D eigenvalue weighted by molar-refractivity contribution is -0.0439. The van der Waals surface area contributed by atoms with E-state index in [1.807, 2.05) is 39.0 Å². The minimum Gasteiger partial charge on any atom is -0.374 e. The van der Waals surface area contributed by atoms with Crippen LogP contribution in [-0.4, -0.2) is 33.8 Å². The van der Waals surface area contributed by atoms with Gasteiger partial charge in [-0.25, -0.2) is 0 Å². The van der Waals surface area contributed by atoms with Gasteiger partial charge in [0.25, 0.3) is 0 Å². The van der Waals surface area contributed by atoms with Gasteiger partial charge in [-0.2, -0.15) is 0 Å². The highest BCUT2D eigenvalue weighted by Crippen LogP contribution is 2.27. The maximum Gasteiger partial charge on any atom is 0.502 e. The van der Waals surface area contributed by atoms with Gasteiger partial charge in [0, 0.05) is 19.3 Å². The van der Waals surface area contributed by atoms with E-state index >= 15 is 0 Å². The molecule has 0 amide bonds. The Kier molecular flexibility index (Phi) is 9.11. The Hall–Kier alpha value is -0.763. The highest BCUT2D eigenvalue weighted by molar-refractivity contribution is 6.60. The van der Waals surface area contributed by atoms with Gasteiger partial charge in [-0.15, -0.1) is 0 Å². The van der Waals surface area contributed by atoms with Crippen LogP contribution in [0.25, 0.3) is 0 Å². The molecule has 0 saturated heterocycles. The zero-order chi connectivity index (χ0) is 18.1. The van der Waals surface area contributed by atoms with Gasteiger partial charge in [0.05, 0.1) is 6.04 Å². The lowest BCUT2D eigenvalue weighted by Gasteiger charge is -2.41. The second kappa shape index (κ2) is 10.3. The van der Waals surface area contributed by atoms with Crippen molar-refractivity contribution in [1.29, 1.82) is 0 Å². The first-order valence-electron chi connectivity index (χ1n) is 9.01.